The van der Waals surface area contributed by atoms with Gasteiger partial charge in [-0.1, -0.05) is 80.9 Å². The van der Waals surface area contributed by atoms with Gasteiger partial charge >= 0.3 is 0 Å². The molecule has 1 N–H and O–H groups in total. The van der Waals surface area contributed by atoms with E-state index in [4.69, 9.17) is 12.2 Å². The molecule has 0 amide bonds. The van der Waals surface area contributed by atoms with E-state index in [1.807, 2.05) is 10.8 Å². The number of unbranched alkanes of at least 4 members (excludes halogenated alkanes) is 6. The number of nitrogens with zero attached hydrogens (tertiary/aromatic N) is 1. The van der Waals surface area contributed by atoms with Crippen LogP contribution in [-0.2, 0) is 0 Å². The van der Waals surface area contributed by atoms with Crippen LogP contribution < -0.4 is 0 Å². The first-order valence-electron chi connectivity index (χ1n) is 7.53. The summed E-state index contributed by atoms with van der Waals surface area (Å²) in [4.78, 5) is 0. The van der Waals surface area contributed by atoms with Crippen molar-refractivity contribution in [3.8, 4) is 0 Å². The minimum atomic E-state index is 0.769. The Kier molecular flexibility index (Phi) is 11.2. The van der Waals surface area contributed by atoms with Gasteiger partial charge in [0.05, 0.1) is 0 Å². The van der Waals surface area contributed by atoms with Crippen molar-refractivity contribution < 1.29 is 0 Å². The van der Waals surface area contributed by atoms with Crippen LogP contribution in [0.15, 0.2) is 4.34 Å². The van der Waals surface area contributed by atoms with E-state index < -0.39 is 0 Å². The number of aromatic nitrogens is 2. The second kappa shape index (κ2) is 12.1. The average Bonchev–Trinajstić information content (AvgIpc) is 2.81. The molecule has 0 spiro atoms. The highest BCUT2D eigenvalue weighted by Crippen LogP contribution is 2.32. The molecule has 1 heterocycles. The van der Waals surface area contributed by atoms with Crippen molar-refractivity contribution in [2.75, 3.05) is 5.75 Å². The highest BCUT2D eigenvalue weighted by atomic mass is 33.1. The lowest BCUT2D eigenvalue weighted by Gasteiger charge is -2.04. The summed E-state index contributed by atoms with van der Waals surface area (Å²) in [5.41, 5.74) is 0. The van der Waals surface area contributed by atoms with E-state index in [-0.39, 0.29) is 0 Å². The van der Waals surface area contributed by atoms with Gasteiger partial charge in [0, 0.05) is 5.75 Å². The lowest BCUT2D eigenvalue weighted by molar-refractivity contribution is 0.511. The summed E-state index contributed by atoms with van der Waals surface area (Å²) >= 11 is 6.56. The second-order valence-corrected chi connectivity index (χ2v) is 9.77. The number of H-pyrrole nitrogens is 1. The fourth-order valence-electron chi connectivity index (χ4n) is 1.94. The summed E-state index contributed by atoms with van der Waals surface area (Å²) < 4.78 is 1.82. The maximum atomic E-state index is 5.00. The monoisotopic (exact) mass is 350 g/mol. The maximum absolute atomic E-state index is 5.00. The predicted molar refractivity (Wildman–Crippen MR) is 97.4 cm³/mol. The molecular formula is C14H26N2S4. The van der Waals surface area contributed by atoms with Gasteiger partial charge in [-0.05, 0) is 35.4 Å². The highest BCUT2D eigenvalue weighted by molar-refractivity contribution is 8.77. The molecule has 0 bridgehead atoms. The van der Waals surface area contributed by atoms with E-state index >= 15 is 0 Å². The van der Waals surface area contributed by atoms with Crippen LogP contribution in [0.25, 0.3) is 0 Å². The minimum Gasteiger partial charge on any atom is -0.257 e. The Morgan fingerprint density at radius 2 is 1.75 bits per heavy atom. The van der Waals surface area contributed by atoms with Crippen LogP contribution in [0.2, 0.25) is 0 Å². The first-order valence-corrected chi connectivity index (χ1v) is 11.1. The molecule has 0 unspecified atom stereocenters. The average molecular weight is 351 g/mol. The van der Waals surface area contributed by atoms with Crippen molar-refractivity contribution >= 4 is 45.1 Å². The van der Waals surface area contributed by atoms with Gasteiger partial charge in [-0.25, -0.2) is 0 Å². The van der Waals surface area contributed by atoms with Crippen molar-refractivity contribution in [1.29, 1.82) is 0 Å². The van der Waals surface area contributed by atoms with Crippen molar-refractivity contribution in [1.82, 2.24) is 10.2 Å². The molecule has 1 aromatic rings. The van der Waals surface area contributed by atoms with Gasteiger partial charge < -0.3 is 0 Å². The number of hydrogen-bond donors (Lipinski definition) is 1. The summed E-state index contributed by atoms with van der Waals surface area (Å²) in [7, 11) is 3.64. The Bertz CT molecular complexity index is 387. The Morgan fingerprint density at radius 3 is 2.35 bits per heavy atom. The van der Waals surface area contributed by atoms with Gasteiger partial charge in [0.15, 0.2) is 8.29 Å². The van der Waals surface area contributed by atoms with Gasteiger partial charge in [-0.15, -0.1) is 0 Å². The van der Waals surface area contributed by atoms with Gasteiger partial charge in [-0.3, -0.25) is 5.10 Å². The fraction of sp³-hybridized carbons (Fsp3) is 0.857. The largest absolute Gasteiger partial charge is 0.257 e. The van der Waals surface area contributed by atoms with Gasteiger partial charge in [-0.2, -0.15) is 5.10 Å². The SMILES string of the molecule is CC(C)CCCCCCCCCSSc1n[nH]c(=S)s1. The zero-order valence-corrected chi connectivity index (χ0v) is 15.8. The van der Waals surface area contributed by atoms with Gasteiger partial charge in [0.2, 0.25) is 0 Å². The van der Waals surface area contributed by atoms with E-state index in [0.717, 1.165) is 14.2 Å². The summed E-state index contributed by atoms with van der Waals surface area (Å²) in [6.45, 7) is 4.63. The van der Waals surface area contributed by atoms with Crippen LogP contribution in [0.1, 0.15) is 65.2 Å². The smallest absolute Gasteiger partial charge is 0.183 e. The first-order chi connectivity index (χ1) is 9.68. The molecule has 0 aliphatic rings. The van der Waals surface area contributed by atoms with Crippen LogP contribution in [-0.4, -0.2) is 16.0 Å². The lowest BCUT2D eigenvalue weighted by atomic mass is 10.0. The van der Waals surface area contributed by atoms with Crippen LogP contribution >= 0.6 is 45.1 Å². The Balaban J connectivity index is 1.80. The van der Waals surface area contributed by atoms with Crippen LogP contribution in [0, 0.1) is 9.87 Å². The van der Waals surface area contributed by atoms with Crippen LogP contribution in [0.5, 0.6) is 0 Å². The van der Waals surface area contributed by atoms with E-state index in [2.05, 4.69) is 24.0 Å². The molecule has 116 valence electrons. The summed E-state index contributed by atoms with van der Waals surface area (Å²) in [5, 5.41) is 6.95. The molecule has 1 rings (SSSR count). The molecule has 6 heteroatoms. The normalized spacial score (nSPS) is 11.3. The lowest BCUT2D eigenvalue weighted by Crippen LogP contribution is -1.87. The molecule has 0 fully saturated rings. The summed E-state index contributed by atoms with van der Waals surface area (Å²) in [5.74, 6) is 2.08. The van der Waals surface area contributed by atoms with E-state index in [9.17, 15) is 0 Å². The molecule has 0 aliphatic carbocycles. The van der Waals surface area contributed by atoms with Crippen LogP contribution in [0.4, 0.5) is 0 Å². The molecule has 0 saturated heterocycles. The quantitative estimate of drug-likeness (QED) is 0.257. The highest BCUT2D eigenvalue weighted by Gasteiger charge is 1.99. The minimum absolute atomic E-state index is 0.769. The molecule has 0 aromatic carbocycles. The van der Waals surface area contributed by atoms with Gasteiger partial charge in [0.1, 0.15) is 0 Å². The van der Waals surface area contributed by atoms with E-state index in [0.29, 0.717) is 0 Å². The Morgan fingerprint density at radius 1 is 1.10 bits per heavy atom. The fourth-order valence-corrected chi connectivity index (χ4v) is 5.46. The standard InChI is InChI=1S/C14H26N2S4/c1-12(2)10-8-6-4-3-5-7-9-11-18-20-14-16-15-13(17)19-14/h12H,3-11H2,1-2H3,(H,15,17). The third-order valence-corrected chi connectivity index (χ3v) is 6.89. The summed E-state index contributed by atoms with van der Waals surface area (Å²) in [6, 6.07) is 0. The molecule has 0 aliphatic heterocycles. The molecule has 0 saturated carbocycles. The Labute approximate surface area is 140 Å². The second-order valence-electron chi connectivity index (χ2n) is 5.44. The number of aromatic amines is 1. The molecular weight excluding hydrogens is 324 g/mol. The van der Waals surface area contributed by atoms with Crippen LogP contribution in [0.3, 0.4) is 0 Å². The van der Waals surface area contributed by atoms with E-state index in [1.165, 1.54) is 57.1 Å². The van der Waals surface area contributed by atoms with Crippen molar-refractivity contribution in [2.45, 2.75) is 69.6 Å². The van der Waals surface area contributed by atoms with E-state index in [1.54, 1.807) is 22.1 Å². The van der Waals surface area contributed by atoms with Gasteiger partial charge in [0.25, 0.3) is 0 Å². The van der Waals surface area contributed by atoms with Crippen molar-refractivity contribution in [3.63, 3.8) is 0 Å². The predicted octanol–water partition coefficient (Wildman–Crippen LogP) is 6.72. The zero-order valence-electron chi connectivity index (χ0n) is 12.5. The zero-order chi connectivity index (χ0) is 14.6. The van der Waals surface area contributed by atoms with Crippen molar-refractivity contribution in [3.05, 3.63) is 3.95 Å². The topological polar surface area (TPSA) is 28.7 Å². The maximum Gasteiger partial charge on any atom is 0.183 e. The molecule has 0 radical (unpaired) electrons. The van der Waals surface area contributed by atoms with Crippen molar-refractivity contribution in [2.24, 2.45) is 5.92 Å². The molecule has 0 atom stereocenters. The number of rotatable bonds is 12. The third-order valence-electron chi connectivity index (χ3n) is 3.06. The first kappa shape index (κ1) is 18.5. The molecule has 1 aromatic heterocycles. The number of nitrogens with one attached hydrogen (secondary N) is 1. The third kappa shape index (κ3) is 10.2. The number of hydrogen-bond acceptors (Lipinski definition) is 5. The molecule has 20 heavy (non-hydrogen) atoms. The summed E-state index contributed by atoms with van der Waals surface area (Å²) in [6.07, 6.45) is 11.2. The Hall–Kier alpha value is 0.480. The molecule has 2 nitrogen and oxygen atoms in total.